The summed E-state index contributed by atoms with van der Waals surface area (Å²) in [5.41, 5.74) is 2.39. The normalized spacial score (nSPS) is 10.7. The smallest absolute Gasteiger partial charge is 0.344 e. The Morgan fingerprint density at radius 2 is 1.66 bits per heavy atom. The van der Waals surface area contributed by atoms with Crippen LogP contribution >= 0.6 is 0 Å². The molecule has 0 fully saturated rings. The van der Waals surface area contributed by atoms with E-state index in [1.54, 1.807) is 68.8 Å². The molecule has 0 aliphatic rings. The molecule has 0 amide bonds. The Kier molecular flexibility index (Phi) is 5.94. The zero-order valence-corrected chi connectivity index (χ0v) is 18.0. The van der Waals surface area contributed by atoms with Gasteiger partial charge in [0.25, 0.3) is 0 Å². The van der Waals surface area contributed by atoms with Crippen LogP contribution in [0.1, 0.15) is 15.9 Å². The minimum Gasteiger partial charge on any atom is -0.493 e. The molecule has 0 spiro atoms. The number of ether oxygens (including phenoxy) is 3. The Bertz CT molecular complexity index is 1340. The maximum atomic E-state index is 12.8. The number of benzene rings is 3. The molecule has 6 nitrogen and oxygen atoms in total. The molecule has 0 aliphatic heterocycles. The quantitative estimate of drug-likeness (QED) is 0.302. The molecule has 32 heavy (non-hydrogen) atoms. The van der Waals surface area contributed by atoms with Crippen molar-refractivity contribution in [1.29, 1.82) is 0 Å². The van der Waals surface area contributed by atoms with Gasteiger partial charge in [0.05, 0.1) is 19.8 Å². The van der Waals surface area contributed by atoms with Crippen LogP contribution in [0.4, 0.5) is 0 Å². The zero-order valence-electron chi connectivity index (χ0n) is 18.0. The van der Waals surface area contributed by atoms with Crippen LogP contribution in [-0.4, -0.2) is 26.6 Å². The van der Waals surface area contributed by atoms with E-state index < -0.39 is 5.63 Å². The van der Waals surface area contributed by atoms with Gasteiger partial charge < -0.3 is 18.6 Å². The molecule has 3 aromatic carbocycles. The first-order valence-corrected chi connectivity index (χ1v) is 10.0. The van der Waals surface area contributed by atoms with Crippen molar-refractivity contribution in [1.82, 2.24) is 0 Å². The van der Waals surface area contributed by atoms with Gasteiger partial charge >= 0.3 is 5.63 Å². The third kappa shape index (κ3) is 4.07. The van der Waals surface area contributed by atoms with Crippen molar-refractivity contribution in [3.8, 4) is 28.4 Å². The summed E-state index contributed by atoms with van der Waals surface area (Å²) in [7, 11) is 3.10. The van der Waals surface area contributed by atoms with Gasteiger partial charge in [-0.05, 0) is 42.3 Å². The highest BCUT2D eigenvalue weighted by atomic mass is 16.5. The Morgan fingerprint density at radius 3 is 2.38 bits per heavy atom. The molecule has 1 heterocycles. The summed E-state index contributed by atoms with van der Waals surface area (Å²) in [5.74, 6) is 1.41. The molecule has 0 saturated carbocycles. The van der Waals surface area contributed by atoms with E-state index in [9.17, 15) is 9.59 Å². The third-order valence-electron chi connectivity index (χ3n) is 5.28. The minimum absolute atomic E-state index is 0.109. The first kappa shape index (κ1) is 21.2. The molecule has 0 atom stereocenters. The number of Topliss-reactive ketones (excluding diaryl/α,β-unsaturated/α-hetero) is 1. The van der Waals surface area contributed by atoms with Crippen molar-refractivity contribution in [2.24, 2.45) is 0 Å². The Labute approximate surface area is 185 Å². The van der Waals surface area contributed by atoms with Crippen LogP contribution < -0.4 is 19.8 Å². The maximum Gasteiger partial charge on any atom is 0.344 e. The summed E-state index contributed by atoms with van der Waals surface area (Å²) >= 11 is 0. The standard InChI is InChI=1S/C26H22O6/c1-16-20-11-10-19(31-15-21(27)17-7-5-4-6-8-17)14-23(20)32-26(28)25(16)18-9-12-22(29-2)24(13-18)30-3/h4-14H,15H2,1-3H3. The fourth-order valence-electron chi connectivity index (χ4n) is 3.61. The second-order valence-corrected chi connectivity index (χ2v) is 7.20. The predicted octanol–water partition coefficient (Wildman–Crippen LogP) is 5.05. The lowest BCUT2D eigenvalue weighted by atomic mass is 9.99. The van der Waals surface area contributed by atoms with Crippen molar-refractivity contribution >= 4 is 16.8 Å². The average Bonchev–Trinajstić information content (AvgIpc) is 2.82. The van der Waals surface area contributed by atoms with E-state index in [1.165, 1.54) is 0 Å². The minimum atomic E-state index is -0.472. The fraction of sp³-hybridized carbons (Fsp3) is 0.154. The summed E-state index contributed by atoms with van der Waals surface area (Å²) < 4.78 is 21.9. The van der Waals surface area contributed by atoms with Crippen LogP contribution in [0.5, 0.6) is 17.2 Å². The molecule has 0 bridgehead atoms. The number of fused-ring (bicyclic) bond motifs is 1. The Hall–Kier alpha value is -4.06. The summed E-state index contributed by atoms with van der Waals surface area (Å²) in [5, 5.41) is 0.774. The van der Waals surface area contributed by atoms with Crippen LogP contribution in [0.2, 0.25) is 0 Å². The number of ketones is 1. The lowest BCUT2D eigenvalue weighted by Crippen LogP contribution is -2.11. The van der Waals surface area contributed by atoms with Crippen molar-refractivity contribution in [3.05, 3.63) is 88.3 Å². The Morgan fingerprint density at radius 1 is 0.906 bits per heavy atom. The van der Waals surface area contributed by atoms with Gasteiger partial charge in [-0.1, -0.05) is 36.4 Å². The highest BCUT2D eigenvalue weighted by Crippen LogP contribution is 2.34. The van der Waals surface area contributed by atoms with Gasteiger partial charge in [-0.25, -0.2) is 4.79 Å². The monoisotopic (exact) mass is 430 g/mol. The van der Waals surface area contributed by atoms with Gasteiger partial charge in [-0.2, -0.15) is 0 Å². The summed E-state index contributed by atoms with van der Waals surface area (Å²) in [6, 6.07) is 19.4. The first-order valence-electron chi connectivity index (χ1n) is 10.0. The molecule has 4 aromatic rings. The van der Waals surface area contributed by atoms with Gasteiger partial charge in [0.1, 0.15) is 11.3 Å². The average molecular weight is 430 g/mol. The Balaban J connectivity index is 1.65. The van der Waals surface area contributed by atoms with E-state index in [0.717, 1.165) is 10.9 Å². The molecular formula is C26H22O6. The second-order valence-electron chi connectivity index (χ2n) is 7.20. The van der Waals surface area contributed by atoms with Crippen molar-refractivity contribution in [2.75, 3.05) is 20.8 Å². The van der Waals surface area contributed by atoms with Crippen LogP contribution in [-0.2, 0) is 0 Å². The number of aryl methyl sites for hydroxylation is 1. The summed E-state index contributed by atoms with van der Waals surface area (Å²) in [4.78, 5) is 25.1. The first-order chi connectivity index (χ1) is 15.5. The molecular weight excluding hydrogens is 408 g/mol. The van der Waals surface area contributed by atoms with Gasteiger partial charge in [-0.3, -0.25) is 4.79 Å². The third-order valence-corrected chi connectivity index (χ3v) is 5.28. The van der Waals surface area contributed by atoms with E-state index >= 15 is 0 Å². The summed E-state index contributed by atoms with van der Waals surface area (Å²) in [6.45, 7) is 1.76. The van der Waals surface area contributed by atoms with E-state index in [0.29, 0.717) is 39.5 Å². The number of carbonyl (C=O) groups is 1. The van der Waals surface area contributed by atoms with E-state index in [1.807, 2.05) is 19.1 Å². The van der Waals surface area contributed by atoms with Crippen LogP contribution in [0.25, 0.3) is 22.1 Å². The van der Waals surface area contributed by atoms with E-state index in [-0.39, 0.29) is 12.4 Å². The number of hydrogen-bond acceptors (Lipinski definition) is 6. The molecule has 4 rings (SSSR count). The number of carbonyl (C=O) groups excluding carboxylic acids is 1. The topological polar surface area (TPSA) is 75.0 Å². The van der Waals surface area contributed by atoms with Gasteiger partial charge in [0.2, 0.25) is 0 Å². The van der Waals surface area contributed by atoms with Crippen molar-refractivity contribution in [3.63, 3.8) is 0 Å². The molecule has 0 N–H and O–H groups in total. The highest BCUT2D eigenvalue weighted by Gasteiger charge is 2.16. The van der Waals surface area contributed by atoms with E-state index in [2.05, 4.69) is 0 Å². The van der Waals surface area contributed by atoms with Crippen LogP contribution in [0.15, 0.2) is 75.9 Å². The van der Waals surface area contributed by atoms with E-state index in [4.69, 9.17) is 18.6 Å². The second kappa shape index (κ2) is 8.98. The highest BCUT2D eigenvalue weighted by molar-refractivity contribution is 5.97. The van der Waals surface area contributed by atoms with Gasteiger partial charge in [-0.15, -0.1) is 0 Å². The molecule has 0 aliphatic carbocycles. The largest absolute Gasteiger partial charge is 0.493 e. The van der Waals surface area contributed by atoms with Crippen molar-refractivity contribution in [2.45, 2.75) is 6.92 Å². The van der Waals surface area contributed by atoms with Crippen LogP contribution in [0, 0.1) is 6.92 Å². The molecule has 0 unspecified atom stereocenters. The molecule has 162 valence electrons. The zero-order chi connectivity index (χ0) is 22.7. The molecule has 0 saturated heterocycles. The molecule has 0 radical (unpaired) electrons. The maximum absolute atomic E-state index is 12.8. The van der Waals surface area contributed by atoms with Crippen molar-refractivity contribution < 1.29 is 23.4 Å². The molecule has 6 heteroatoms. The lowest BCUT2D eigenvalue weighted by Gasteiger charge is -2.12. The van der Waals surface area contributed by atoms with Gasteiger partial charge in [0, 0.05) is 17.0 Å². The number of methoxy groups -OCH3 is 2. The predicted molar refractivity (Wildman–Crippen MR) is 122 cm³/mol. The summed E-state index contributed by atoms with van der Waals surface area (Å²) in [6.07, 6.45) is 0. The van der Waals surface area contributed by atoms with Crippen LogP contribution in [0.3, 0.4) is 0 Å². The number of hydrogen-bond donors (Lipinski definition) is 0. The van der Waals surface area contributed by atoms with Gasteiger partial charge in [0.15, 0.2) is 23.9 Å². The fourth-order valence-corrected chi connectivity index (χ4v) is 3.61. The SMILES string of the molecule is COc1ccc(-c2c(C)c3ccc(OCC(=O)c4ccccc4)cc3oc2=O)cc1OC. The number of rotatable bonds is 7. The molecule has 1 aromatic heterocycles. The lowest BCUT2D eigenvalue weighted by molar-refractivity contribution is 0.0921.